The Morgan fingerprint density at radius 3 is 2.52 bits per heavy atom. The Hall–Kier alpha value is -2.01. The molecule has 3 nitrogen and oxygen atoms in total. The molecule has 0 aliphatic heterocycles. The molecule has 5 heteroatoms. The Morgan fingerprint density at radius 1 is 1.10 bits per heavy atom. The van der Waals surface area contributed by atoms with Gasteiger partial charge in [-0.25, -0.2) is 4.39 Å². The first-order valence-corrected chi connectivity index (χ1v) is 7.27. The number of Topliss-reactive ketones (excluding diaryl/α,β-unsaturated/α-hetero) is 1. The molecule has 0 fully saturated rings. The molecule has 0 atom stereocenters. The zero-order valence-corrected chi connectivity index (χ0v) is 12.5. The van der Waals surface area contributed by atoms with Crippen molar-refractivity contribution in [2.75, 3.05) is 5.32 Å². The molecule has 1 amide bonds. The molecule has 0 saturated carbocycles. The van der Waals surface area contributed by atoms with Gasteiger partial charge < -0.3 is 5.32 Å². The van der Waals surface area contributed by atoms with E-state index in [1.54, 1.807) is 6.07 Å². The zero-order valence-electron chi connectivity index (χ0n) is 11.0. The van der Waals surface area contributed by atoms with Crippen molar-refractivity contribution in [3.05, 3.63) is 63.4 Å². The second-order valence-electron chi connectivity index (χ2n) is 4.83. The van der Waals surface area contributed by atoms with Crippen molar-refractivity contribution in [1.29, 1.82) is 0 Å². The highest BCUT2D eigenvalue weighted by atomic mass is 79.9. The minimum absolute atomic E-state index is 0.0284. The Kier molecular flexibility index (Phi) is 3.59. The first-order valence-electron chi connectivity index (χ1n) is 6.48. The topological polar surface area (TPSA) is 46.2 Å². The first kappa shape index (κ1) is 13.9. The normalized spacial score (nSPS) is 13.1. The van der Waals surface area contributed by atoms with E-state index < -0.39 is 5.82 Å². The van der Waals surface area contributed by atoms with Crippen LogP contribution >= 0.6 is 15.9 Å². The van der Waals surface area contributed by atoms with Gasteiger partial charge in [-0.1, -0.05) is 15.9 Å². The lowest BCUT2D eigenvalue weighted by molar-refractivity contribution is 0.0995. The molecule has 0 spiro atoms. The number of carbonyl (C=O) groups excluding carboxylic acids is 2. The molecule has 0 unspecified atom stereocenters. The van der Waals surface area contributed by atoms with Gasteiger partial charge in [-0.2, -0.15) is 0 Å². The third-order valence-electron chi connectivity index (χ3n) is 3.49. The van der Waals surface area contributed by atoms with Crippen LogP contribution in [0, 0.1) is 5.82 Å². The van der Waals surface area contributed by atoms with Crippen LogP contribution in [0.15, 0.2) is 40.9 Å². The Morgan fingerprint density at radius 2 is 1.81 bits per heavy atom. The number of rotatable bonds is 2. The standard InChI is InChI=1S/C16H11BrFNO2/c17-12-6-7-13(15-11(12)5-8-14(15)20)19-16(21)9-1-3-10(18)4-2-9/h1-4,6-7H,5,8H2,(H,19,21). The quantitative estimate of drug-likeness (QED) is 0.893. The van der Waals surface area contributed by atoms with Crippen LogP contribution in [-0.2, 0) is 6.42 Å². The molecular formula is C16H11BrFNO2. The summed E-state index contributed by atoms with van der Waals surface area (Å²) in [5, 5.41) is 2.73. The van der Waals surface area contributed by atoms with E-state index in [4.69, 9.17) is 0 Å². The van der Waals surface area contributed by atoms with Gasteiger partial charge in [0.2, 0.25) is 0 Å². The second-order valence-corrected chi connectivity index (χ2v) is 5.69. The molecule has 0 radical (unpaired) electrons. The third-order valence-corrected chi connectivity index (χ3v) is 4.23. The van der Waals surface area contributed by atoms with E-state index in [1.165, 1.54) is 24.3 Å². The summed E-state index contributed by atoms with van der Waals surface area (Å²) in [6.07, 6.45) is 1.13. The van der Waals surface area contributed by atoms with Crippen molar-refractivity contribution in [3.63, 3.8) is 0 Å². The summed E-state index contributed by atoms with van der Waals surface area (Å²) in [6, 6.07) is 8.79. The monoisotopic (exact) mass is 347 g/mol. The number of fused-ring (bicyclic) bond motifs is 1. The van der Waals surface area contributed by atoms with Crippen molar-refractivity contribution in [1.82, 2.24) is 0 Å². The van der Waals surface area contributed by atoms with Crippen LogP contribution in [-0.4, -0.2) is 11.7 Å². The number of nitrogens with one attached hydrogen (secondary N) is 1. The molecule has 0 heterocycles. The number of hydrogen-bond donors (Lipinski definition) is 1. The predicted molar refractivity (Wildman–Crippen MR) is 81.1 cm³/mol. The summed E-state index contributed by atoms with van der Waals surface area (Å²) in [4.78, 5) is 24.1. The van der Waals surface area contributed by atoms with Gasteiger partial charge in [-0.3, -0.25) is 9.59 Å². The molecule has 0 saturated heterocycles. The Bertz CT molecular complexity index is 741. The van der Waals surface area contributed by atoms with Crippen LogP contribution in [0.4, 0.5) is 10.1 Å². The molecule has 3 rings (SSSR count). The number of anilines is 1. The van der Waals surface area contributed by atoms with Crippen LogP contribution in [0.2, 0.25) is 0 Å². The van der Waals surface area contributed by atoms with Crippen LogP contribution in [0.5, 0.6) is 0 Å². The molecule has 2 aromatic carbocycles. The highest BCUT2D eigenvalue weighted by molar-refractivity contribution is 9.10. The summed E-state index contributed by atoms with van der Waals surface area (Å²) < 4.78 is 13.7. The summed E-state index contributed by atoms with van der Waals surface area (Å²) in [7, 11) is 0. The summed E-state index contributed by atoms with van der Waals surface area (Å²) in [5.41, 5.74) is 2.35. The lowest BCUT2D eigenvalue weighted by Gasteiger charge is -2.11. The molecule has 21 heavy (non-hydrogen) atoms. The van der Waals surface area contributed by atoms with Crippen molar-refractivity contribution in [2.45, 2.75) is 12.8 Å². The zero-order chi connectivity index (χ0) is 15.0. The van der Waals surface area contributed by atoms with E-state index in [2.05, 4.69) is 21.2 Å². The number of ketones is 1. The average molecular weight is 348 g/mol. The average Bonchev–Trinajstić information content (AvgIpc) is 2.86. The van der Waals surface area contributed by atoms with Crippen LogP contribution in [0.1, 0.15) is 32.7 Å². The van der Waals surface area contributed by atoms with E-state index in [0.29, 0.717) is 29.7 Å². The lowest BCUT2D eigenvalue weighted by Crippen LogP contribution is -2.14. The maximum Gasteiger partial charge on any atom is 0.255 e. The highest BCUT2D eigenvalue weighted by Crippen LogP contribution is 2.34. The van der Waals surface area contributed by atoms with Gasteiger partial charge >= 0.3 is 0 Å². The van der Waals surface area contributed by atoms with Crippen LogP contribution in [0.3, 0.4) is 0 Å². The molecule has 1 N–H and O–H groups in total. The van der Waals surface area contributed by atoms with Crippen molar-refractivity contribution in [2.24, 2.45) is 0 Å². The van der Waals surface area contributed by atoms with E-state index in [9.17, 15) is 14.0 Å². The number of amides is 1. The second kappa shape index (κ2) is 5.41. The fourth-order valence-corrected chi connectivity index (χ4v) is 2.98. The number of benzene rings is 2. The van der Waals surface area contributed by atoms with Crippen LogP contribution in [0.25, 0.3) is 0 Å². The molecule has 106 valence electrons. The largest absolute Gasteiger partial charge is 0.321 e. The number of carbonyl (C=O) groups is 2. The van der Waals surface area contributed by atoms with Gasteiger partial charge in [0, 0.05) is 22.0 Å². The fraction of sp³-hybridized carbons (Fsp3) is 0.125. The fourth-order valence-electron chi connectivity index (χ4n) is 2.45. The number of hydrogen-bond acceptors (Lipinski definition) is 2. The lowest BCUT2D eigenvalue weighted by atomic mass is 10.1. The molecule has 0 bridgehead atoms. The Labute approximate surface area is 129 Å². The first-order chi connectivity index (χ1) is 10.1. The van der Waals surface area contributed by atoms with Gasteiger partial charge in [-0.15, -0.1) is 0 Å². The van der Waals surface area contributed by atoms with Gasteiger partial charge in [0.25, 0.3) is 5.91 Å². The van der Waals surface area contributed by atoms with Crippen molar-refractivity contribution < 1.29 is 14.0 Å². The maximum absolute atomic E-state index is 12.9. The molecule has 1 aliphatic carbocycles. The SMILES string of the molecule is O=C(Nc1ccc(Br)c2c1C(=O)CC2)c1ccc(F)cc1. The van der Waals surface area contributed by atoms with Crippen LogP contribution < -0.4 is 5.32 Å². The smallest absolute Gasteiger partial charge is 0.255 e. The van der Waals surface area contributed by atoms with Crippen molar-refractivity contribution in [3.8, 4) is 0 Å². The van der Waals surface area contributed by atoms with Gasteiger partial charge in [0.05, 0.1) is 5.69 Å². The molecule has 0 aromatic heterocycles. The van der Waals surface area contributed by atoms with Gasteiger partial charge in [0.1, 0.15) is 5.82 Å². The predicted octanol–water partition coefficient (Wildman–Crippen LogP) is 3.97. The van der Waals surface area contributed by atoms with Gasteiger partial charge in [0.15, 0.2) is 5.78 Å². The molecule has 1 aliphatic rings. The highest BCUT2D eigenvalue weighted by Gasteiger charge is 2.25. The van der Waals surface area contributed by atoms with Crippen molar-refractivity contribution >= 4 is 33.3 Å². The summed E-state index contributed by atoms with van der Waals surface area (Å²) >= 11 is 3.42. The number of halogens is 2. The maximum atomic E-state index is 12.9. The summed E-state index contributed by atoms with van der Waals surface area (Å²) in [6.45, 7) is 0. The van der Waals surface area contributed by atoms with Gasteiger partial charge in [-0.05, 0) is 48.4 Å². The van der Waals surface area contributed by atoms with E-state index in [-0.39, 0.29) is 11.7 Å². The third kappa shape index (κ3) is 2.61. The Balaban J connectivity index is 1.92. The van der Waals surface area contributed by atoms with E-state index >= 15 is 0 Å². The molecule has 2 aromatic rings. The minimum atomic E-state index is -0.397. The summed E-state index contributed by atoms with van der Waals surface area (Å²) in [5.74, 6) is -0.730. The van der Waals surface area contributed by atoms with E-state index in [1.807, 2.05) is 6.07 Å². The molecular weight excluding hydrogens is 337 g/mol. The minimum Gasteiger partial charge on any atom is -0.321 e. The van der Waals surface area contributed by atoms with E-state index in [0.717, 1.165) is 10.0 Å².